The summed E-state index contributed by atoms with van der Waals surface area (Å²) in [5, 5.41) is 10.0. The molecule has 0 saturated heterocycles. The number of carbonyl (C=O) groups excluding carboxylic acids is 1. The Morgan fingerprint density at radius 1 is 1.36 bits per heavy atom. The minimum atomic E-state index is -0.107. The molecule has 22 heavy (non-hydrogen) atoms. The molecule has 0 atom stereocenters. The van der Waals surface area contributed by atoms with Gasteiger partial charge in [0.2, 0.25) is 0 Å². The zero-order valence-corrected chi connectivity index (χ0v) is 13.6. The number of nitrogens with zero attached hydrogens (tertiary/aromatic N) is 2. The number of hydrogen-bond acceptors (Lipinski definition) is 4. The Balaban J connectivity index is 0.00000121. The molecule has 8 heteroatoms. The third kappa shape index (κ3) is 3.40. The second-order valence-corrected chi connectivity index (χ2v) is 4.86. The summed E-state index contributed by atoms with van der Waals surface area (Å²) in [5.74, 6) is -0.107. The van der Waals surface area contributed by atoms with E-state index in [9.17, 15) is 4.79 Å². The smallest absolute Gasteiger partial charge is 0.269 e. The van der Waals surface area contributed by atoms with Gasteiger partial charge in [-0.05, 0) is 37.4 Å². The van der Waals surface area contributed by atoms with Gasteiger partial charge in [0.15, 0.2) is 0 Å². The monoisotopic (exact) mass is 343 g/mol. The summed E-state index contributed by atoms with van der Waals surface area (Å²) in [6.07, 6.45) is 6.09. The van der Waals surface area contributed by atoms with Gasteiger partial charge in [-0.3, -0.25) is 14.9 Å². The first-order valence-corrected chi connectivity index (χ1v) is 6.80. The number of H-pyrrole nitrogens is 1. The van der Waals surface area contributed by atoms with E-state index >= 15 is 0 Å². The maximum atomic E-state index is 12.1. The van der Waals surface area contributed by atoms with E-state index < -0.39 is 0 Å². The van der Waals surface area contributed by atoms with Crippen LogP contribution in [0.25, 0.3) is 11.3 Å². The lowest BCUT2D eigenvalue weighted by Crippen LogP contribution is -2.27. The van der Waals surface area contributed by atoms with Crippen molar-refractivity contribution in [1.29, 1.82) is 0 Å². The summed E-state index contributed by atoms with van der Waals surface area (Å²) in [4.78, 5) is 16.3. The van der Waals surface area contributed by atoms with Crippen LogP contribution in [0.2, 0.25) is 0 Å². The summed E-state index contributed by atoms with van der Waals surface area (Å²) in [6, 6.07) is 1.95. The van der Waals surface area contributed by atoms with Gasteiger partial charge in [0, 0.05) is 30.1 Å². The third-order valence-electron chi connectivity index (χ3n) is 3.56. The number of halogens is 2. The second-order valence-electron chi connectivity index (χ2n) is 4.86. The molecule has 0 aliphatic heterocycles. The number of carbonyl (C=O) groups is 1. The van der Waals surface area contributed by atoms with Gasteiger partial charge in [0.1, 0.15) is 5.69 Å². The quantitative estimate of drug-likeness (QED) is 0.732. The molecule has 2 heterocycles. The van der Waals surface area contributed by atoms with E-state index in [0.717, 1.165) is 36.1 Å². The van der Waals surface area contributed by atoms with Crippen LogP contribution in [0.5, 0.6) is 0 Å². The second kappa shape index (κ2) is 8.12. The molecule has 6 nitrogen and oxygen atoms in total. The van der Waals surface area contributed by atoms with Crippen LogP contribution in [0, 0.1) is 0 Å². The number of rotatable bonds is 4. The maximum absolute atomic E-state index is 12.1. The van der Waals surface area contributed by atoms with Gasteiger partial charge in [-0.15, -0.1) is 24.8 Å². The van der Waals surface area contributed by atoms with Gasteiger partial charge >= 0.3 is 0 Å². The summed E-state index contributed by atoms with van der Waals surface area (Å²) >= 11 is 0. The molecule has 0 fully saturated rings. The Kier molecular flexibility index (Phi) is 6.80. The molecule has 1 aliphatic rings. The highest BCUT2D eigenvalue weighted by Gasteiger charge is 2.24. The van der Waals surface area contributed by atoms with Gasteiger partial charge in [-0.25, -0.2) is 0 Å². The molecule has 2 aromatic rings. The van der Waals surface area contributed by atoms with Crippen molar-refractivity contribution in [3.05, 3.63) is 35.3 Å². The molecule has 0 aromatic carbocycles. The minimum Gasteiger partial charge on any atom is -0.351 e. The zero-order chi connectivity index (χ0) is 13.9. The summed E-state index contributed by atoms with van der Waals surface area (Å²) in [6.45, 7) is 1.16. The lowest BCUT2D eigenvalue weighted by Gasteiger charge is -2.15. The fourth-order valence-electron chi connectivity index (χ4n) is 2.53. The van der Waals surface area contributed by atoms with Crippen LogP contribution in [0.1, 0.15) is 28.0 Å². The van der Waals surface area contributed by atoms with Crippen molar-refractivity contribution in [3.63, 3.8) is 0 Å². The van der Waals surface area contributed by atoms with Crippen molar-refractivity contribution in [1.82, 2.24) is 20.5 Å². The number of nitrogens with one attached hydrogen (secondary N) is 2. The average molecular weight is 344 g/mol. The maximum Gasteiger partial charge on any atom is 0.269 e. The first-order valence-electron chi connectivity index (χ1n) is 6.80. The van der Waals surface area contributed by atoms with Crippen molar-refractivity contribution >= 4 is 30.7 Å². The average Bonchev–Trinajstić information content (AvgIpc) is 2.92. The zero-order valence-electron chi connectivity index (χ0n) is 12.0. The van der Waals surface area contributed by atoms with Gasteiger partial charge in [-0.1, -0.05) is 0 Å². The predicted molar refractivity (Wildman–Crippen MR) is 89.7 cm³/mol. The molecular weight excluding hydrogens is 325 g/mol. The normalized spacial score (nSPS) is 11.5. The Bertz CT molecular complexity index is 644. The Labute approximate surface area is 141 Å². The van der Waals surface area contributed by atoms with Crippen LogP contribution in [0.15, 0.2) is 18.5 Å². The van der Waals surface area contributed by atoms with Gasteiger partial charge < -0.3 is 11.1 Å². The molecule has 0 unspecified atom stereocenters. The van der Waals surface area contributed by atoms with Crippen LogP contribution in [-0.4, -0.2) is 34.2 Å². The lowest BCUT2D eigenvalue weighted by atomic mass is 9.90. The summed E-state index contributed by atoms with van der Waals surface area (Å²) in [5.41, 5.74) is 10.1. The van der Waals surface area contributed by atoms with Crippen molar-refractivity contribution in [2.45, 2.75) is 19.3 Å². The van der Waals surface area contributed by atoms with Crippen molar-refractivity contribution < 1.29 is 4.79 Å². The van der Waals surface area contributed by atoms with E-state index in [-0.39, 0.29) is 30.7 Å². The molecule has 4 N–H and O–H groups in total. The van der Waals surface area contributed by atoms with Gasteiger partial charge in [-0.2, -0.15) is 5.10 Å². The Hall–Kier alpha value is -1.63. The molecule has 1 amide bonds. The number of pyridine rings is 1. The van der Waals surface area contributed by atoms with Crippen LogP contribution >= 0.6 is 24.8 Å². The number of hydrogen-bond donors (Lipinski definition) is 3. The fraction of sp³-hybridized carbons (Fsp3) is 0.357. The fourth-order valence-corrected chi connectivity index (χ4v) is 2.53. The van der Waals surface area contributed by atoms with Gasteiger partial charge in [0.25, 0.3) is 5.91 Å². The third-order valence-corrected chi connectivity index (χ3v) is 3.56. The molecule has 0 bridgehead atoms. The highest BCUT2D eigenvalue weighted by molar-refractivity contribution is 5.95. The molecule has 2 aromatic heterocycles. The first-order chi connectivity index (χ1) is 9.81. The van der Waals surface area contributed by atoms with Crippen LogP contribution < -0.4 is 11.1 Å². The van der Waals surface area contributed by atoms with E-state index in [1.807, 2.05) is 12.3 Å². The molecule has 0 radical (unpaired) electrons. The van der Waals surface area contributed by atoms with Crippen LogP contribution in [-0.2, 0) is 12.8 Å². The molecule has 0 spiro atoms. The lowest BCUT2D eigenvalue weighted by molar-refractivity contribution is 0.0947. The summed E-state index contributed by atoms with van der Waals surface area (Å²) in [7, 11) is 0. The van der Waals surface area contributed by atoms with Crippen LogP contribution in [0.3, 0.4) is 0 Å². The number of amides is 1. The highest BCUT2D eigenvalue weighted by Crippen LogP contribution is 2.32. The van der Waals surface area contributed by atoms with E-state index in [0.29, 0.717) is 18.8 Å². The number of fused-ring (bicyclic) bond motifs is 3. The minimum absolute atomic E-state index is 0. The molecular formula is C14H19Cl2N5O. The standard InChI is InChI=1S/C14H17N5O.2ClH/c15-5-1-6-17-14(20)13-11-3-2-9-8-16-7-4-10(9)12(11)18-19-13;;/h4,7-8H,1-3,5-6,15H2,(H,17,20)(H,18,19);2*1H. The summed E-state index contributed by atoms with van der Waals surface area (Å²) < 4.78 is 0. The topological polar surface area (TPSA) is 96.7 Å². The van der Waals surface area contributed by atoms with Gasteiger partial charge in [0.05, 0.1) is 5.69 Å². The number of aromatic nitrogens is 3. The molecule has 120 valence electrons. The van der Waals surface area contributed by atoms with Crippen LogP contribution in [0.4, 0.5) is 0 Å². The predicted octanol–water partition coefficient (Wildman–Crippen LogP) is 1.49. The van der Waals surface area contributed by atoms with Crippen molar-refractivity contribution in [2.24, 2.45) is 5.73 Å². The van der Waals surface area contributed by atoms with Crippen molar-refractivity contribution in [2.75, 3.05) is 13.1 Å². The number of nitrogens with two attached hydrogens (primary N) is 1. The Morgan fingerprint density at radius 3 is 2.95 bits per heavy atom. The first kappa shape index (κ1) is 18.4. The molecule has 3 rings (SSSR count). The van der Waals surface area contributed by atoms with E-state index in [1.54, 1.807) is 6.20 Å². The van der Waals surface area contributed by atoms with E-state index in [2.05, 4.69) is 20.5 Å². The van der Waals surface area contributed by atoms with Crippen molar-refractivity contribution in [3.8, 4) is 11.3 Å². The number of aryl methyl sites for hydroxylation is 1. The largest absolute Gasteiger partial charge is 0.351 e. The number of aromatic amines is 1. The highest BCUT2D eigenvalue weighted by atomic mass is 35.5. The van der Waals surface area contributed by atoms with E-state index in [4.69, 9.17) is 5.73 Å². The van der Waals surface area contributed by atoms with E-state index in [1.165, 1.54) is 5.56 Å². The Morgan fingerprint density at radius 2 is 2.18 bits per heavy atom. The molecule has 1 aliphatic carbocycles. The SMILES string of the molecule is Cl.Cl.NCCCNC(=O)c1[nH]nc2c1CCc1cnccc1-2. The molecule has 0 saturated carbocycles.